The lowest BCUT2D eigenvalue weighted by Gasteiger charge is -2.29. The molecule has 1 aromatic rings. The highest BCUT2D eigenvalue weighted by Crippen LogP contribution is 2.10. The third-order valence-corrected chi connectivity index (χ3v) is 4.83. The number of nitrogens with one attached hydrogen (secondary N) is 1. The van der Waals surface area contributed by atoms with Gasteiger partial charge in [-0.1, -0.05) is 31.2 Å². The zero-order valence-electron chi connectivity index (χ0n) is 15.1. The molecule has 0 spiro atoms. The van der Waals surface area contributed by atoms with E-state index in [0.717, 1.165) is 70.4 Å². The van der Waals surface area contributed by atoms with Gasteiger partial charge in [0.1, 0.15) is 0 Å². The third kappa shape index (κ3) is 6.38. The molecule has 2 rings (SSSR count). The first-order chi connectivity index (χ1) is 11.7. The van der Waals surface area contributed by atoms with Crippen molar-refractivity contribution in [2.45, 2.75) is 33.2 Å². The van der Waals surface area contributed by atoms with Crippen LogP contribution in [0, 0.1) is 0 Å². The molecule has 4 nitrogen and oxygen atoms in total. The Balaban J connectivity index is 1.86. The van der Waals surface area contributed by atoms with Crippen LogP contribution in [0.25, 0.3) is 0 Å². The van der Waals surface area contributed by atoms with E-state index in [9.17, 15) is 0 Å². The lowest BCUT2D eigenvalue weighted by atomic mass is 10.1. The summed E-state index contributed by atoms with van der Waals surface area (Å²) in [5.74, 6) is 0. The summed E-state index contributed by atoms with van der Waals surface area (Å²) in [5, 5.41) is 4.16. The van der Waals surface area contributed by atoms with Gasteiger partial charge in [-0.05, 0) is 43.1 Å². The number of ether oxygens (including phenoxy) is 1. The third-order valence-electron chi connectivity index (χ3n) is 4.43. The normalized spacial score (nSPS) is 15.2. The van der Waals surface area contributed by atoms with E-state index in [1.54, 1.807) is 0 Å². The van der Waals surface area contributed by atoms with Gasteiger partial charge >= 0.3 is 0 Å². The number of aryl methyl sites for hydroxylation is 1. The Bertz CT molecular complexity index is 486. The molecular weight excluding hydrogens is 318 g/mol. The highest BCUT2D eigenvalue weighted by atomic mass is 32.1. The van der Waals surface area contributed by atoms with E-state index < -0.39 is 0 Å². The Morgan fingerprint density at radius 1 is 1.17 bits per heavy atom. The zero-order chi connectivity index (χ0) is 17.2. The second kappa shape index (κ2) is 10.6. The highest BCUT2D eigenvalue weighted by Gasteiger charge is 2.13. The van der Waals surface area contributed by atoms with Crippen molar-refractivity contribution in [3.05, 3.63) is 35.4 Å². The minimum atomic E-state index is 0.860. The summed E-state index contributed by atoms with van der Waals surface area (Å²) in [7, 11) is 0. The molecule has 0 bridgehead atoms. The summed E-state index contributed by atoms with van der Waals surface area (Å²) in [4.78, 5) is 4.77. The van der Waals surface area contributed by atoms with Crippen LogP contribution in [-0.4, -0.2) is 60.8 Å². The fraction of sp³-hybridized carbons (Fsp3) is 0.632. The summed E-state index contributed by atoms with van der Waals surface area (Å²) >= 11 is 5.57. The van der Waals surface area contributed by atoms with Crippen LogP contribution in [0.5, 0.6) is 0 Å². The average molecular weight is 350 g/mol. The first-order valence-electron chi connectivity index (χ1n) is 9.13. The summed E-state index contributed by atoms with van der Waals surface area (Å²) in [6.45, 7) is 12.0. The van der Waals surface area contributed by atoms with E-state index in [0.29, 0.717) is 0 Å². The lowest BCUT2D eigenvalue weighted by molar-refractivity contribution is 0.0367. The highest BCUT2D eigenvalue weighted by molar-refractivity contribution is 7.80. The van der Waals surface area contributed by atoms with Gasteiger partial charge in [0.2, 0.25) is 0 Å². The Labute approximate surface area is 152 Å². The van der Waals surface area contributed by atoms with Crippen LogP contribution in [0.4, 0.5) is 0 Å². The van der Waals surface area contributed by atoms with Crippen molar-refractivity contribution in [3.8, 4) is 0 Å². The molecular formula is C19H31N3OS. The summed E-state index contributed by atoms with van der Waals surface area (Å²) in [5.41, 5.74) is 2.70. The number of benzene rings is 1. The van der Waals surface area contributed by atoms with Crippen LogP contribution < -0.4 is 5.32 Å². The van der Waals surface area contributed by atoms with Crippen LogP contribution >= 0.6 is 12.2 Å². The van der Waals surface area contributed by atoms with Gasteiger partial charge in [-0.25, -0.2) is 0 Å². The number of morpholine rings is 1. The lowest BCUT2D eigenvalue weighted by Crippen LogP contribution is -2.42. The standard InChI is InChI=1S/C19H31N3OS/c1-3-17-6-8-18(9-7-17)16-22(19(24)20-4-2)11-5-10-21-12-14-23-15-13-21/h6-9H,3-5,10-16H2,1-2H3,(H,20,24). The van der Waals surface area contributed by atoms with Crippen molar-refractivity contribution in [1.82, 2.24) is 15.1 Å². The van der Waals surface area contributed by atoms with Gasteiger partial charge in [0.25, 0.3) is 0 Å². The van der Waals surface area contributed by atoms with Crippen molar-refractivity contribution in [1.29, 1.82) is 0 Å². The quantitative estimate of drug-likeness (QED) is 0.729. The van der Waals surface area contributed by atoms with Gasteiger partial charge in [-0.15, -0.1) is 0 Å². The summed E-state index contributed by atoms with van der Waals surface area (Å²) in [6, 6.07) is 8.89. The Morgan fingerprint density at radius 3 is 2.46 bits per heavy atom. The van der Waals surface area contributed by atoms with Crippen molar-refractivity contribution in [2.24, 2.45) is 0 Å². The average Bonchev–Trinajstić information content (AvgIpc) is 2.62. The Kier molecular flexibility index (Phi) is 8.50. The van der Waals surface area contributed by atoms with Gasteiger partial charge in [-0.2, -0.15) is 0 Å². The molecule has 1 N–H and O–H groups in total. The molecule has 0 amide bonds. The number of rotatable bonds is 8. The predicted octanol–water partition coefficient (Wildman–Crippen LogP) is 2.67. The largest absolute Gasteiger partial charge is 0.379 e. The van der Waals surface area contributed by atoms with Gasteiger partial charge in [0.05, 0.1) is 13.2 Å². The second-order valence-corrected chi connectivity index (χ2v) is 6.62. The molecule has 0 radical (unpaired) electrons. The number of nitrogens with zero attached hydrogens (tertiary/aromatic N) is 2. The molecule has 1 aliphatic heterocycles. The molecule has 1 heterocycles. The first kappa shape index (κ1) is 19.2. The van der Waals surface area contributed by atoms with Gasteiger partial charge in [0, 0.05) is 39.3 Å². The monoisotopic (exact) mass is 349 g/mol. The predicted molar refractivity (Wildman–Crippen MR) is 104 cm³/mol. The fourth-order valence-corrected chi connectivity index (χ4v) is 3.23. The molecule has 24 heavy (non-hydrogen) atoms. The smallest absolute Gasteiger partial charge is 0.169 e. The van der Waals surface area contributed by atoms with Crippen molar-refractivity contribution >= 4 is 17.3 Å². The van der Waals surface area contributed by atoms with E-state index in [4.69, 9.17) is 17.0 Å². The van der Waals surface area contributed by atoms with E-state index >= 15 is 0 Å². The van der Waals surface area contributed by atoms with Crippen LogP contribution in [-0.2, 0) is 17.7 Å². The maximum absolute atomic E-state index is 5.57. The maximum Gasteiger partial charge on any atom is 0.169 e. The fourth-order valence-electron chi connectivity index (χ4n) is 2.93. The molecule has 1 saturated heterocycles. The number of hydrogen-bond donors (Lipinski definition) is 1. The van der Waals surface area contributed by atoms with E-state index in [2.05, 4.69) is 53.2 Å². The second-order valence-electron chi connectivity index (χ2n) is 6.23. The van der Waals surface area contributed by atoms with Gasteiger partial charge in [0.15, 0.2) is 5.11 Å². The maximum atomic E-state index is 5.57. The van der Waals surface area contributed by atoms with Crippen molar-refractivity contribution in [2.75, 3.05) is 45.9 Å². The molecule has 5 heteroatoms. The first-order valence-corrected chi connectivity index (χ1v) is 9.54. The number of thiocarbonyl (C=S) groups is 1. The van der Waals surface area contributed by atoms with Crippen LogP contribution in [0.3, 0.4) is 0 Å². The SMILES string of the molecule is CCNC(=S)N(CCCN1CCOCC1)Cc1ccc(CC)cc1. The van der Waals surface area contributed by atoms with Crippen LogP contribution in [0.2, 0.25) is 0 Å². The van der Waals surface area contributed by atoms with Crippen molar-refractivity contribution < 1.29 is 4.74 Å². The zero-order valence-corrected chi connectivity index (χ0v) is 15.9. The molecule has 134 valence electrons. The molecule has 0 aliphatic carbocycles. The van der Waals surface area contributed by atoms with Crippen LogP contribution in [0.1, 0.15) is 31.4 Å². The molecule has 0 atom stereocenters. The molecule has 0 aromatic heterocycles. The Hall–Kier alpha value is -1.17. The minimum Gasteiger partial charge on any atom is -0.379 e. The van der Waals surface area contributed by atoms with E-state index in [-0.39, 0.29) is 0 Å². The molecule has 0 saturated carbocycles. The molecule has 0 unspecified atom stereocenters. The number of hydrogen-bond acceptors (Lipinski definition) is 3. The Morgan fingerprint density at radius 2 is 1.83 bits per heavy atom. The molecule has 1 aliphatic rings. The van der Waals surface area contributed by atoms with E-state index in [1.807, 2.05) is 0 Å². The van der Waals surface area contributed by atoms with E-state index in [1.165, 1.54) is 11.1 Å². The molecule has 1 fully saturated rings. The minimum absolute atomic E-state index is 0.860. The topological polar surface area (TPSA) is 27.7 Å². The summed E-state index contributed by atoms with van der Waals surface area (Å²) in [6.07, 6.45) is 2.21. The van der Waals surface area contributed by atoms with Gasteiger partial charge in [-0.3, -0.25) is 4.90 Å². The summed E-state index contributed by atoms with van der Waals surface area (Å²) < 4.78 is 5.41. The van der Waals surface area contributed by atoms with Crippen LogP contribution in [0.15, 0.2) is 24.3 Å². The van der Waals surface area contributed by atoms with Gasteiger partial charge < -0.3 is 15.0 Å². The van der Waals surface area contributed by atoms with Crippen molar-refractivity contribution in [3.63, 3.8) is 0 Å². The molecule has 1 aromatic carbocycles.